The minimum Gasteiger partial charge on any atom is -0.459 e. The Labute approximate surface area is 91.0 Å². The predicted molar refractivity (Wildman–Crippen MR) is 51.7 cm³/mol. The SMILES string of the molecule is CC(=O)OCC(F)(F)c1cccc(C)c1F. The number of alkyl halides is 2. The number of hydrogen-bond acceptors (Lipinski definition) is 2. The lowest BCUT2D eigenvalue weighted by Gasteiger charge is -2.17. The maximum absolute atomic E-state index is 13.4. The number of rotatable bonds is 3. The monoisotopic (exact) mass is 232 g/mol. The van der Waals surface area contributed by atoms with Crippen molar-refractivity contribution in [1.82, 2.24) is 0 Å². The van der Waals surface area contributed by atoms with Gasteiger partial charge in [0.15, 0.2) is 6.61 Å². The second-order valence-corrected chi connectivity index (χ2v) is 3.42. The molecule has 0 N–H and O–H groups in total. The molecule has 0 aliphatic heterocycles. The lowest BCUT2D eigenvalue weighted by molar-refractivity contribution is -0.154. The van der Waals surface area contributed by atoms with Crippen LogP contribution in [-0.4, -0.2) is 12.6 Å². The Bertz CT molecular complexity index is 402. The molecule has 0 unspecified atom stereocenters. The van der Waals surface area contributed by atoms with Gasteiger partial charge in [0, 0.05) is 6.92 Å². The predicted octanol–water partition coefficient (Wildman–Crippen LogP) is 2.79. The second-order valence-electron chi connectivity index (χ2n) is 3.42. The Balaban J connectivity index is 2.97. The molecular formula is C11H11F3O2. The lowest BCUT2D eigenvalue weighted by Crippen LogP contribution is -2.24. The molecule has 0 saturated heterocycles. The molecule has 0 spiro atoms. The van der Waals surface area contributed by atoms with Gasteiger partial charge < -0.3 is 4.74 Å². The zero-order valence-corrected chi connectivity index (χ0v) is 8.89. The highest BCUT2D eigenvalue weighted by Crippen LogP contribution is 2.31. The third-order valence-electron chi connectivity index (χ3n) is 2.04. The molecule has 0 bridgehead atoms. The van der Waals surface area contributed by atoms with E-state index in [4.69, 9.17) is 0 Å². The van der Waals surface area contributed by atoms with Crippen molar-refractivity contribution < 1.29 is 22.7 Å². The van der Waals surface area contributed by atoms with E-state index in [9.17, 15) is 18.0 Å². The molecule has 5 heteroatoms. The van der Waals surface area contributed by atoms with Gasteiger partial charge in [-0.05, 0) is 18.6 Å². The third-order valence-corrected chi connectivity index (χ3v) is 2.04. The fourth-order valence-corrected chi connectivity index (χ4v) is 1.20. The quantitative estimate of drug-likeness (QED) is 0.749. The van der Waals surface area contributed by atoms with Crippen molar-refractivity contribution in [2.75, 3.05) is 6.61 Å². The maximum atomic E-state index is 13.4. The molecule has 0 fully saturated rings. The van der Waals surface area contributed by atoms with E-state index in [1.807, 2.05) is 0 Å². The summed E-state index contributed by atoms with van der Waals surface area (Å²) in [6, 6.07) is 3.70. The lowest BCUT2D eigenvalue weighted by atomic mass is 10.1. The summed E-state index contributed by atoms with van der Waals surface area (Å²) in [6.45, 7) is 1.26. The molecule has 0 heterocycles. The molecular weight excluding hydrogens is 221 g/mol. The standard InChI is InChI=1S/C11H11F3O2/c1-7-4-3-5-9(10(7)12)11(13,14)6-16-8(2)15/h3-5H,6H2,1-2H3. The van der Waals surface area contributed by atoms with Crippen LogP contribution in [0.4, 0.5) is 13.2 Å². The van der Waals surface area contributed by atoms with Crippen molar-refractivity contribution in [2.45, 2.75) is 19.8 Å². The Morgan fingerprint density at radius 1 is 1.44 bits per heavy atom. The topological polar surface area (TPSA) is 26.3 Å². The molecule has 1 aromatic carbocycles. The van der Waals surface area contributed by atoms with E-state index < -0.39 is 29.9 Å². The molecule has 0 aliphatic rings. The van der Waals surface area contributed by atoms with Crippen molar-refractivity contribution in [2.24, 2.45) is 0 Å². The average molecular weight is 232 g/mol. The van der Waals surface area contributed by atoms with Crippen molar-refractivity contribution in [3.05, 3.63) is 35.1 Å². The average Bonchev–Trinajstić information content (AvgIpc) is 2.19. The van der Waals surface area contributed by atoms with Crippen LogP contribution in [0.25, 0.3) is 0 Å². The summed E-state index contributed by atoms with van der Waals surface area (Å²) in [7, 11) is 0. The number of carbonyl (C=O) groups is 1. The van der Waals surface area contributed by atoms with Gasteiger partial charge in [0.05, 0.1) is 5.56 Å². The van der Waals surface area contributed by atoms with E-state index in [0.717, 1.165) is 13.0 Å². The number of aryl methyl sites for hydroxylation is 1. The molecule has 0 saturated carbocycles. The number of esters is 1. The van der Waals surface area contributed by atoms with Crippen LogP contribution in [0.1, 0.15) is 18.1 Å². The van der Waals surface area contributed by atoms with Crippen LogP contribution in [0.2, 0.25) is 0 Å². The molecule has 0 atom stereocenters. The first-order valence-electron chi connectivity index (χ1n) is 4.61. The second kappa shape index (κ2) is 4.55. The summed E-state index contributed by atoms with van der Waals surface area (Å²) in [6.07, 6.45) is 0. The highest BCUT2D eigenvalue weighted by molar-refractivity contribution is 5.65. The first-order valence-corrected chi connectivity index (χ1v) is 4.61. The number of ether oxygens (including phenoxy) is 1. The van der Waals surface area contributed by atoms with E-state index in [1.165, 1.54) is 19.1 Å². The molecule has 0 radical (unpaired) electrons. The van der Waals surface area contributed by atoms with Crippen molar-refractivity contribution in [3.8, 4) is 0 Å². The third kappa shape index (κ3) is 2.74. The van der Waals surface area contributed by atoms with Gasteiger partial charge in [-0.2, -0.15) is 8.78 Å². The molecule has 1 aromatic rings. The molecule has 2 nitrogen and oxygen atoms in total. The fraction of sp³-hybridized carbons (Fsp3) is 0.364. The zero-order valence-electron chi connectivity index (χ0n) is 8.89. The highest BCUT2D eigenvalue weighted by Gasteiger charge is 2.36. The Morgan fingerprint density at radius 2 is 2.06 bits per heavy atom. The number of carbonyl (C=O) groups excluding carboxylic acids is 1. The van der Waals surface area contributed by atoms with Crippen molar-refractivity contribution in [1.29, 1.82) is 0 Å². The van der Waals surface area contributed by atoms with Crippen LogP contribution in [0.3, 0.4) is 0 Å². The van der Waals surface area contributed by atoms with E-state index in [-0.39, 0.29) is 5.56 Å². The summed E-state index contributed by atoms with van der Waals surface area (Å²) < 4.78 is 44.5. The normalized spacial score (nSPS) is 11.3. The van der Waals surface area contributed by atoms with Gasteiger partial charge in [-0.15, -0.1) is 0 Å². The Kier molecular flexibility index (Phi) is 3.57. The minimum absolute atomic E-state index is 0.125. The highest BCUT2D eigenvalue weighted by atomic mass is 19.3. The molecule has 0 amide bonds. The summed E-state index contributed by atoms with van der Waals surface area (Å²) in [5, 5.41) is 0. The Morgan fingerprint density at radius 3 is 2.62 bits per heavy atom. The molecule has 16 heavy (non-hydrogen) atoms. The van der Waals surface area contributed by atoms with Gasteiger partial charge in [0.2, 0.25) is 0 Å². The minimum atomic E-state index is -3.51. The van der Waals surface area contributed by atoms with Gasteiger partial charge in [-0.3, -0.25) is 4.79 Å². The molecule has 0 aliphatic carbocycles. The van der Waals surface area contributed by atoms with Gasteiger partial charge >= 0.3 is 11.9 Å². The van der Waals surface area contributed by atoms with E-state index >= 15 is 0 Å². The summed E-state index contributed by atoms with van der Waals surface area (Å²) in [5.74, 6) is -5.31. The molecule has 0 aromatic heterocycles. The number of benzene rings is 1. The summed E-state index contributed by atoms with van der Waals surface area (Å²) >= 11 is 0. The largest absolute Gasteiger partial charge is 0.459 e. The fourth-order valence-electron chi connectivity index (χ4n) is 1.20. The maximum Gasteiger partial charge on any atom is 0.309 e. The van der Waals surface area contributed by atoms with Gasteiger partial charge in [0.1, 0.15) is 5.82 Å². The van der Waals surface area contributed by atoms with Crippen LogP contribution in [0.15, 0.2) is 18.2 Å². The van der Waals surface area contributed by atoms with E-state index in [2.05, 4.69) is 4.74 Å². The van der Waals surface area contributed by atoms with Crippen LogP contribution < -0.4 is 0 Å². The zero-order chi connectivity index (χ0) is 12.3. The molecule has 88 valence electrons. The number of halogens is 3. The van der Waals surface area contributed by atoms with Crippen LogP contribution in [-0.2, 0) is 15.5 Å². The first kappa shape index (κ1) is 12.5. The first-order chi connectivity index (χ1) is 7.34. The van der Waals surface area contributed by atoms with Crippen molar-refractivity contribution in [3.63, 3.8) is 0 Å². The van der Waals surface area contributed by atoms with Gasteiger partial charge in [-0.1, -0.05) is 12.1 Å². The smallest absolute Gasteiger partial charge is 0.309 e. The molecule has 1 rings (SSSR count). The summed E-state index contributed by atoms with van der Waals surface area (Å²) in [5.41, 5.74) is -0.631. The summed E-state index contributed by atoms with van der Waals surface area (Å²) in [4.78, 5) is 10.4. The number of hydrogen-bond donors (Lipinski definition) is 0. The van der Waals surface area contributed by atoms with Gasteiger partial charge in [-0.25, -0.2) is 4.39 Å². The van der Waals surface area contributed by atoms with E-state index in [1.54, 1.807) is 0 Å². The van der Waals surface area contributed by atoms with Gasteiger partial charge in [0.25, 0.3) is 0 Å². The Hall–Kier alpha value is -1.52. The van der Waals surface area contributed by atoms with Crippen LogP contribution in [0.5, 0.6) is 0 Å². The van der Waals surface area contributed by atoms with Crippen molar-refractivity contribution >= 4 is 5.97 Å². The van der Waals surface area contributed by atoms with Crippen LogP contribution >= 0.6 is 0 Å². The van der Waals surface area contributed by atoms with E-state index in [0.29, 0.717) is 0 Å². The van der Waals surface area contributed by atoms with Crippen LogP contribution in [0, 0.1) is 12.7 Å².